The first-order chi connectivity index (χ1) is 12.5. The first-order valence-corrected chi connectivity index (χ1v) is 8.45. The number of aliphatic hydroxyl groups is 1. The molecule has 1 aromatic carbocycles. The molecule has 1 aromatic rings. The summed E-state index contributed by atoms with van der Waals surface area (Å²) in [6.45, 7) is 5.34. The van der Waals surface area contributed by atoms with E-state index in [1.54, 1.807) is 19.1 Å². The molecule has 3 heterocycles. The maximum atomic E-state index is 12.6. The summed E-state index contributed by atoms with van der Waals surface area (Å²) in [5.74, 6) is -0.0988. The Hall–Kier alpha value is -2.80. The molecule has 1 fully saturated rings. The molecule has 3 atom stereocenters. The molecule has 3 aliphatic rings. The lowest BCUT2D eigenvalue weighted by atomic mass is 9.82. The number of benzene rings is 1. The summed E-state index contributed by atoms with van der Waals surface area (Å²) < 4.78 is 15.9. The van der Waals surface area contributed by atoms with Gasteiger partial charge in [-0.3, -0.25) is 4.79 Å². The van der Waals surface area contributed by atoms with E-state index in [-0.39, 0.29) is 31.0 Å². The van der Waals surface area contributed by atoms with E-state index in [9.17, 15) is 14.7 Å². The van der Waals surface area contributed by atoms with Gasteiger partial charge in [-0.1, -0.05) is 18.7 Å². The number of carbonyl (C=O) groups excluding carboxylic acids is 2. The molecule has 0 aliphatic carbocycles. The van der Waals surface area contributed by atoms with E-state index < -0.39 is 18.0 Å². The van der Waals surface area contributed by atoms with E-state index in [1.807, 2.05) is 6.07 Å². The van der Waals surface area contributed by atoms with E-state index in [1.165, 1.54) is 11.0 Å². The number of amides is 1. The number of aliphatic hydroxyl groups excluding tert-OH is 1. The van der Waals surface area contributed by atoms with Gasteiger partial charge in [0.15, 0.2) is 11.5 Å². The van der Waals surface area contributed by atoms with Crippen molar-refractivity contribution < 1.29 is 28.9 Å². The summed E-state index contributed by atoms with van der Waals surface area (Å²) in [5, 5.41) is 9.91. The van der Waals surface area contributed by atoms with E-state index in [0.717, 1.165) is 5.56 Å². The van der Waals surface area contributed by atoms with Gasteiger partial charge in [-0.2, -0.15) is 0 Å². The molecule has 7 nitrogen and oxygen atoms in total. The normalized spacial score (nSPS) is 24.2. The van der Waals surface area contributed by atoms with Gasteiger partial charge in [0.25, 0.3) is 0 Å². The molecule has 26 heavy (non-hydrogen) atoms. The first kappa shape index (κ1) is 16.7. The van der Waals surface area contributed by atoms with Gasteiger partial charge in [0.05, 0.1) is 18.1 Å². The Kier molecular flexibility index (Phi) is 3.96. The highest BCUT2D eigenvalue weighted by atomic mass is 16.7. The second-order valence-electron chi connectivity index (χ2n) is 6.53. The average molecular weight is 357 g/mol. The number of ether oxygens (including phenoxy) is 3. The highest BCUT2D eigenvalue weighted by molar-refractivity contribution is 6.06. The molecule has 3 aliphatic heterocycles. The second kappa shape index (κ2) is 6.17. The van der Waals surface area contributed by atoms with E-state index in [4.69, 9.17) is 14.2 Å². The van der Waals surface area contributed by atoms with Gasteiger partial charge in [0, 0.05) is 0 Å². The zero-order valence-corrected chi connectivity index (χ0v) is 14.3. The van der Waals surface area contributed by atoms with Gasteiger partial charge in [0.2, 0.25) is 12.7 Å². The molecule has 7 heteroatoms. The third-order valence-electron chi connectivity index (χ3n) is 4.98. The van der Waals surface area contributed by atoms with E-state index >= 15 is 0 Å². The van der Waals surface area contributed by atoms with Crippen molar-refractivity contribution in [2.45, 2.75) is 25.5 Å². The topological polar surface area (TPSA) is 85.3 Å². The lowest BCUT2D eigenvalue weighted by Crippen LogP contribution is -2.61. The van der Waals surface area contributed by atoms with Crippen LogP contribution in [0.1, 0.15) is 18.9 Å². The zero-order chi connectivity index (χ0) is 18.4. The number of nitrogens with zero attached hydrogens (tertiary/aromatic N) is 1. The lowest BCUT2D eigenvalue weighted by Gasteiger charge is -2.44. The molecular weight excluding hydrogens is 338 g/mol. The Morgan fingerprint density at radius 1 is 1.46 bits per heavy atom. The summed E-state index contributed by atoms with van der Waals surface area (Å²) in [6.07, 6.45) is 1.17. The Bertz CT molecular complexity index is 827. The van der Waals surface area contributed by atoms with Crippen LogP contribution >= 0.6 is 0 Å². The minimum Gasteiger partial charge on any atom is -0.457 e. The molecule has 1 N–H and O–H groups in total. The van der Waals surface area contributed by atoms with Crippen molar-refractivity contribution >= 4 is 17.4 Å². The Labute approximate surface area is 150 Å². The average Bonchev–Trinajstić information content (AvgIpc) is 3.20. The molecule has 0 unspecified atom stereocenters. The zero-order valence-electron chi connectivity index (χ0n) is 14.3. The molecule has 4 rings (SSSR count). The van der Waals surface area contributed by atoms with Gasteiger partial charge in [0.1, 0.15) is 12.3 Å². The molecule has 0 bridgehead atoms. The Morgan fingerprint density at radius 3 is 2.96 bits per heavy atom. The van der Waals surface area contributed by atoms with Crippen LogP contribution in [0.4, 0.5) is 0 Å². The number of esters is 1. The molecule has 0 radical (unpaired) electrons. The number of hydrogen-bond donors (Lipinski definition) is 1. The first-order valence-electron chi connectivity index (χ1n) is 8.45. The molecule has 0 saturated carbocycles. The minimum absolute atomic E-state index is 0.0588. The van der Waals surface area contributed by atoms with Crippen molar-refractivity contribution in [2.24, 2.45) is 5.92 Å². The fourth-order valence-electron chi connectivity index (χ4n) is 3.80. The van der Waals surface area contributed by atoms with E-state index in [2.05, 4.69) is 6.58 Å². The van der Waals surface area contributed by atoms with Gasteiger partial charge < -0.3 is 24.2 Å². The highest BCUT2D eigenvalue weighted by Gasteiger charge is 2.57. The monoisotopic (exact) mass is 357 g/mol. The van der Waals surface area contributed by atoms with Gasteiger partial charge in [-0.25, -0.2) is 4.79 Å². The molecule has 0 spiro atoms. The van der Waals surface area contributed by atoms with Crippen LogP contribution in [-0.2, 0) is 14.3 Å². The van der Waals surface area contributed by atoms with Crippen LogP contribution < -0.4 is 9.47 Å². The Morgan fingerprint density at radius 2 is 2.23 bits per heavy atom. The number of rotatable bonds is 5. The largest absolute Gasteiger partial charge is 0.457 e. The summed E-state index contributed by atoms with van der Waals surface area (Å²) in [5.41, 5.74) is 1.71. The van der Waals surface area contributed by atoms with Crippen LogP contribution in [0.25, 0.3) is 5.57 Å². The summed E-state index contributed by atoms with van der Waals surface area (Å²) in [4.78, 5) is 26.5. The van der Waals surface area contributed by atoms with Crippen LogP contribution in [0.3, 0.4) is 0 Å². The number of fused-ring (bicyclic) bond motifs is 2. The lowest BCUT2D eigenvalue weighted by molar-refractivity contribution is -0.162. The van der Waals surface area contributed by atoms with Crippen molar-refractivity contribution in [3.63, 3.8) is 0 Å². The molecular formula is C19H19NO6. The van der Waals surface area contributed by atoms with Gasteiger partial charge >= 0.3 is 5.97 Å². The van der Waals surface area contributed by atoms with Gasteiger partial charge in [-0.05, 0) is 36.6 Å². The minimum atomic E-state index is -0.773. The molecule has 1 amide bonds. The summed E-state index contributed by atoms with van der Waals surface area (Å²) in [7, 11) is 0. The highest BCUT2D eigenvalue weighted by Crippen LogP contribution is 2.48. The van der Waals surface area contributed by atoms with Crippen molar-refractivity contribution in [1.29, 1.82) is 0 Å². The fourth-order valence-corrected chi connectivity index (χ4v) is 3.80. The van der Waals surface area contributed by atoms with Crippen molar-refractivity contribution in [3.8, 4) is 11.5 Å². The molecule has 0 aromatic heterocycles. The van der Waals surface area contributed by atoms with Gasteiger partial charge in [-0.15, -0.1) is 0 Å². The number of β-lactam (4-membered cyclic amide) rings is 1. The third-order valence-corrected chi connectivity index (χ3v) is 4.98. The van der Waals surface area contributed by atoms with Crippen LogP contribution in [0.2, 0.25) is 0 Å². The van der Waals surface area contributed by atoms with Crippen molar-refractivity contribution in [2.75, 3.05) is 13.4 Å². The van der Waals surface area contributed by atoms with Crippen LogP contribution in [0, 0.1) is 5.92 Å². The summed E-state index contributed by atoms with van der Waals surface area (Å²) in [6, 6.07) is 5.17. The fraction of sp³-hybridized carbons (Fsp3) is 0.368. The predicted molar refractivity (Wildman–Crippen MR) is 91.1 cm³/mol. The van der Waals surface area contributed by atoms with Crippen LogP contribution in [-0.4, -0.2) is 47.4 Å². The van der Waals surface area contributed by atoms with E-state index in [0.29, 0.717) is 23.5 Å². The second-order valence-corrected chi connectivity index (χ2v) is 6.53. The SMILES string of the molecule is C=CCOC(=O)C1=C(c2ccc3c(c2)OCO3)C[C@@H]2[C@@H]([C@@H](C)O)C(=O)N12. The molecule has 136 valence electrons. The standard InChI is InChI=1S/C19H19NO6/c1-3-6-24-19(23)17-12(8-13-16(10(2)21)18(22)20(13)17)11-4-5-14-15(7-11)26-9-25-14/h3-5,7,10,13,16,21H,1,6,8-9H2,2H3/t10-,13-,16-/m1/s1. The smallest absolute Gasteiger partial charge is 0.355 e. The van der Waals surface area contributed by atoms with Crippen LogP contribution in [0.15, 0.2) is 36.6 Å². The number of hydrogen-bond acceptors (Lipinski definition) is 6. The predicted octanol–water partition coefficient (Wildman–Crippen LogP) is 1.47. The number of carbonyl (C=O) groups is 2. The maximum absolute atomic E-state index is 12.6. The summed E-state index contributed by atoms with van der Waals surface area (Å²) >= 11 is 0. The maximum Gasteiger partial charge on any atom is 0.355 e. The third kappa shape index (κ3) is 2.39. The van der Waals surface area contributed by atoms with Crippen molar-refractivity contribution in [3.05, 3.63) is 42.1 Å². The van der Waals surface area contributed by atoms with Crippen LogP contribution in [0.5, 0.6) is 11.5 Å². The Balaban J connectivity index is 1.74. The quantitative estimate of drug-likeness (QED) is 0.488. The molecule has 1 saturated heterocycles. The van der Waals surface area contributed by atoms with Crippen molar-refractivity contribution in [1.82, 2.24) is 4.90 Å².